The van der Waals surface area contributed by atoms with Gasteiger partial charge in [0.25, 0.3) is 0 Å². The smallest absolute Gasteiger partial charge is 0.228 e. The summed E-state index contributed by atoms with van der Waals surface area (Å²) in [5.41, 5.74) is 0.878. The lowest BCUT2D eigenvalue weighted by Crippen LogP contribution is -2.38. The summed E-state index contributed by atoms with van der Waals surface area (Å²) in [5.74, 6) is 1.92. The summed E-state index contributed by atoms with van der Waals surface area (Å²) in [6.45, 7) is 4.16. The molecule has 2 aromatic heterocycles. The summed E-state index contributed by atoms with van der Waals surface area (Å²) in [6.07, 6.45) is 0.615. The van der Waals surface area contributed by atoms with Crippen molar-refractivity contribution in [1.82, 2.24) is 20.8 Å². The van der Waals surface area contributed by atoms with Crippen LogP contribution in [0.4, 0.5) is 0 Å². The van der Waals surface area contributed by atoms with Crippen LogP contribution in [0.5, 0.6) is 0 Å². The number of halogens is 1. The number of thiophene rings is 1. The summed E-state index contributed by atoms with van der Waals surface area (Å²) in [7, 11) is 0. The Kier molecular flexibility index (Phi) is 6.62. The number of hydrogen-bond donors (Lipinski definition) is 2. The second kappa shape index (κ2) is 9.35. The van der Waals surface area contributed by atoms with Crippen molar-refractivity contribution in [1.29, 1.82) is 0 Å². The van der Waals surface area contributed by atoms with Crippen LogP contribution in [-0.4, -0.2) is 29.2 Å². The third-order valence-electron chi connectivity index (χ3n) is 3.52. The molecule has 1 aromatic carbocycles. The van der Waals surface area contributed by atoms with E-state index in [1.54, 1.807) is 23.5 Å². The van der Waals surface area contributed by atoms with E-state index in [0.717, 1.165) is 18.1 Å². The van der Waals surface area contributed by atoms with Gasteiger partial charge in [0.05, 0.1) is 6.54 Å². The van der Waals surface area contributed by atoms with E-state index in [0.29, 0.717) is 36.2 Å². The Morgan fingerprint density at radius 3 is 2.81 bits per heavy atom. The normalized spacial score (nSPS) is 11.5. The largest absolute Gasteiger partial charge is 0.357 e. The highest BCUT2D eigenvalue weighted by atomic mass is 35.5. The highest BCUT2D eigenvalue weighted by molar-refractivity contribution is 7.09. The SMILES string of the molecule is CCNC(=NCc1cccs1)NCCc1nc(-c2ccc(Cl)cc2)no1. The topological polar surface area (TPSA) is 75.3 Å². The third-order valence-corrected chi connectivity index (χ3v) is 4.63. The molecule has 0 fully saturated rings. The first kappa shape index (κ1) is 18.4. The molecule has 2 N–H and O–H groups in total. The van der Waals surface area contributed by atoms with Crippen LogP contribution in [0.3, 0.4) is 0 Å². The van der Waals surface area contributed by atoms with Gasteiger partial charge in [-0.1, -0.05) is 22.8 Å². The van der Waals surface area contributed by atoms with Gasteiger partial charge in [-0.2, -0.15) is 4.98 Å². The monoisotopic (exact) mass is 389 g/mol. The van der Waals surface area contributed by atoms with Gasteiger partial charge in [-0.3, -0.25) is 0 Å². The first-order chi connectivity index (χ1) is 12.7. The minimum Gasteiger partial charge on any atom is -0.357 e. The Morgan fingerprint density at radius 2 is 2.08 bits per heavy atom. The van der Waals surface area contributed by atoms with Gasteiger partial charge in [-0.05, 0) is 42.6 Å². The van der Waals surface area contributed by atoms with E-state index in [-0.39, 0.29) is 0 Å². The van der Waals surface area contributed by atoms with E-state index < -0.39 is 0 Å². The minimum absolute atomic E-state index is 0.565. The van der Waals surface area contributed by atoms with Crippen molar-refractivity contribution in [2.45, 2.75) is 19.9 Å². The molecule has 136 valence electrons. The summed E-state index contributed by atoms with van der Waals surface area (Å²) >= 11 is 7.60. The number of aliphatic imine (C=N–C) groups is 1. The molecule has 8 heteroatoms. The third kappa shape index (κ3) is 5.31. The lowest BCUT2D eigenvalue weighted by molar-refractivity contribution is 0.378. The fourth-order valence-electron chi connectivity index (χ4n) is 2.26. The van der Waals surface area contributed by atoms with Crippen LogP contribution >= 0.6 is 22.9 Å². The van der Waals surface area contributed by atoms with Crippen molar-refractivity contribution in [3.05, 3.63) is 57.6 Å². The molecular formula is C18H20ClN5OS. The summed E-state index contributed by atoms with van der Waals surface area (Å²) in [6, 6.07) is 11.5. The number of nitrogens with one attached hydrogen (secondary N) is 2. The van der Waals surface area contributed by atoms with Gasteiger partial charge >= 0.3 is 0 Å². The molecule has 6 nitrogen and oxygen atoms in total. The van der Waals surface area contributed by atoms with Crippen molar-refractivity contribution >= 4 is 28.9 Å². The molecule has 0 aliphatic heterocycles. The number of guanidine groups is 1. The number of benzene rings is 1. The lowest BCUT2D eigenvalue weighted by atomic mass is 10.2. The van der Waals surface area contributed by atoms with Crippen molar-refractivity contribution < 1.29 is 4.52 Å². The molecule has 2 heterocycles. The first-order valence-corrected chi connectivity index (χ1v) is 9.63. The first-order valence-electron chi connectivity index (χ1n) is 8.37. The summed E-state index contributed by atoms with van der Waals surface area (Å²) in [5, 5.41) is 13.3. The van der Waals surface area contributed by atoms with E-state index in [9.17, 15) is 0 Å². The quantitative estimate of drug-likeness (QED) is 0.475. The summed E-state index contributed by atoms with van der Waals surface area (Å²) in [4.78, 5) is 10.2. The fraction of sp³-hybridized carbons (Fsp3) is 0.278. The Hall–Kier alpha value is -2.38. The predicted octanol–water partition coefficient (Wildman–Crippen LogP) is 3.75. The highest BCUT2D eigenvalue weighted by Crippen LogP contribution is 2.18. The molecule has 0 aliphatic rings. The van der Waals surface area contributed by atoms with Crippen molar-refractivity contribution in [3.8, 4) is 11.4 Å². The van der Waals surface area contributed by atoms with Crippen LogP contribution in [0, 0.1) is 0 Å². The highest BCUT2D eigenvalue weighted by Gasteiger charge is 2.08. The molecule has 0 spiro atoms. The van der Waals surface area contributed by atoms with Crippen LogP contribution < -0.4 is 10.6 Å². The maximum absolute atomic E-state index is 5.90. The Balaban J connectivity index is 1.53. The van der Waals surface area contributed by atoms with Gasteiger partial charge in [0.15, 0.2) is 5.96 Å². The second-order valence-corrected chi connectivity index (χ2v) is 6.94. The molecule has 0 bridgehead atoms. The van der Waals surface area contributed by atoms with Crippen molar-refractivity contribution in [2.75, 3.05) is 13.1 Å². The fourth-order valence-corrected chi connectivity index (χ4v) is 3.02. The Morgan fingerprint density at radius 1 is 1.23 bits per heavy atom. The molecule has 0 atom stereocenters. The van der Waals surface area contributed by atoms with Crippen molar-refractivity contribution in [3.63, 3.8) is 0 Å². The molecular weight excluding hydrogens is 370 g/mol. The maximum atomic E-state index is 5.90. The zero-order valence-corrected chi connectivity index (χ0v) is 16.0. The molecule has 0 amide bonds. The van der Waals surface area contributed by atoms with E-state index in [4.69, 9.17) is 16.1 Å². The van der Waals surface area contributed by atoms with Gasteiger partial charge in [0, 0.05) is 35.0 Å². The van der Waals surface area contributed by atoms with E-state index in [1.165, 1.54) is 4.88 Å². The molecule has 0 saturated heterocycles. The summed E-state index contributed by atoms with van der Waals surface area (Å²) < 4.78 is 5.32. The molecule has 0 aliphatic carbocycles. The Bertz CT molecular complexity index is 830. The number of hydrogen-bond acceptors (Lipinski definition) is 5. The zero-order valence-electron chi connectivity index (χ0n) is 14.4. The molecule has 3 rings (SSSR count). The lowest BCUT2D eigenvalue weighted by Gasteiger charge is -2.09. The van der Waals surface area contributed by atoms with Crippen LogP contribution in [0.2, 0.25) is 5.02 Å². The van der Waals surface area contributed by atoms with Crippen LogP contribution in [0.1, 0.15) is 17.7 Å². The molecule has 0 unspecified atom stereocenters. The minimum atomic E-state index is 0.565. The molecule has 26 heavy (non-hydrogen) atoms. The predicted molar refractivity (Wildman–Crippen MR) is 106 cm³/mol. The van der Waals surface area contributed by atoms with Crippen LogP contribution in [0.15, 0.2) is 51.3 Å². The number of rotatable bonds is 7. The maximum Gasteiger partial charge on any atom is 0.228 e. The molecule has 0 radical (unpaired) electrons. The van der Waals surface area contributed by atoms with E-state index >= 15 is 0 Å². The molecule has 0 saturated carbocycles. The van der Waals surface area contributed by atoms with E-state index in [1.807, 2.05) is 25.1 Å². The Labute approximate surface area is 161 Å². The average molecular weight is 390 g/mol. The molecule has 3 aromatic rings. The second-order valence-electron chi connectivity index (χ2n) is 5.47. The standard InChI is InChI=1S/C18H20ClN5OS/c1-2-20-18(22-12-15-4-3-11-26-15)21-10-9-16-23-17(24-25-16)13-5-7-14(19)8-6-13/h3-8,11H,2,9-10,12H2,1H3,(H2,20,21,22). The number of nitrogens with zero attached hydrogens (tertiary/aromatic N) is 3. The van der Waals surface area contributed by atoms with E-state index in [2.05, 4.69) is 37.2 Å². The van der Waals surface area contributed by atoms with Gasteiger partial charge in [0.1, 0.15) is 0 Å². The van der Waals surface area contributed by atoms with Crippen LogP contribution in [-0.2, 0) is 13.0 Å². The van der Waals surface area contributed by atoms with Gasteiger partial charge in [-0.25, -0.2) is 4.99 Å². The number of aromatic nitrogens is 2. The van der Waals surface area contributed by atoms with Crippen LogP contribution in [0.25, 0.3) is 11.4 Å². The van der Waals surface area contributed by atoms with Gasteiger partial charge in [0.2, 0.25) is 11.7 Å². The average Bonchev–Trinajstić information content (AvgIpc) is 3.32. The van der Waals surface area contributed by atoms with Crippen molar-refractivity contribution in [2.24, 2.45) is 4.99 Å². The zero-order chi connectivity index (χ0) is 18.2. The van der Waals surface area contributed by atoms with Gasteiger partial charge < -0.3 is 15.2 Å². The van der Waals surface area contributed by atoms with Gasteiger partial charge in [-0.15, -0.1) is 11.3 Å².